The van der Waals surface area contributed by atoms with Gasteiger partial charge in [-0.2, -0.15) is 0 Å². The number of thiocarbonyl (C=S) groups is 1. The van der Waals surface area contributed by atoms with E-state index in [0.717, 1.165) is 25.9 Å². The summed E-state index contributed by atoms with van der Waals surface area (Å²) in [5.41, 5.74) is 5.46. The van der Waals surface area contributed by atoms with Gasteiger partial charge in [-0.3, -0.25) is 0 Å². The van der Waals surface area contributed by atoms with Crippen molar-refractivity contribution in [2.24, 2.45) is 11.7 Å². The van der Waals surface area contributed by atoms with Crippen molar-refractivity contribution in [3.05, 3.63) is 0 Å². The zero-order valence-electron chi connectivity index (χ0n) is 6.49. The number of aliphatic hydroxyl groups is 1. The quantitative estimate of drug-likeness (QED) is 0.547. The summed E-state index contributed by atoms with van der Waals surface area (Å²) in [6.07, 6.45) is 2.18. The second-order valence-corrected chi connectivity index (χ2v) is 3.39. The summed E-state index contributed by atoms with van der Waals surface area (Å²) in [7, 11) is 0. The van der Waals surface area contributed by atoms with Crippen molar-refractivity contribution in [3.63, 3.8) is 0 Å². The van der Waals surface area contributed by atoms with Crippen molar-refractivity contribution in [1.82, 2.24) is 4.90 Å². The van der Waals surface area contributed by atoms with Crippen LogP contribution in [0.5, 0.6) is 0 Å². The van der Waals surface area contributed by atoms with Crippen LogP contribution in [0.15, 0.2) is 0 Å². The Hall–Kier alpha value is -0.350. The molecule has 0 bridgehead atoms. The van der Waals surface area contributed by atoms with Gasteiger partial charge in [-0.15, -0.1) is 0 Å². The largest absolute Gasteiger partial charge is 0.396 e. The average molecular weight is 174 g/mol. The predicted molar refractivity (Wildman–Crippen MR) is 48.2 cm³/mol. The Morgan fingerprint density at radius 3 is 3.00 bits per heavy atom. The van der Waals surface area contributed by atoms with Crippen LogP contribution in [0, 0.1) is 5.92 Å². The molecule has 1 aliphatic rings. The van der Waals surface area contributed by atoms with E-state index in [1.165, 1.54) is 0 Å². The number of hydrogen-bond acceptors (Lipinski definition) is 2. The van der Waals surface area contributed by atoms with Gasteiger partial charge in [0.1, 0.15) is 0 Å². The Morgan fingerprint density at radius 2 is 2.45 bits per heavy atom. The minimum absolute atomic E-state index is 0.249. The highest BCUT2D eigenvalue weighted by atomic mass is 32.1. The number of nitrogens with two attached hydrogens (primary N) is 1. The number of nitrogens with zero attached hydrogens (tertiary/aromatic N) is 1. The Balaban J connectivity index is 2.39. The lowest BCUT2D eigenvalue weighted by Gasteiger charge is -2.31. The number of hydrogen-bond donors (Lipinski definition) is 2. The molecule has 1 aliphatic heterocycles. The number of piperidine rings is 1. The Morgan fingerprint density at radius 1 is 1.73 bits per heavy atom. The molecule has 3 nitrogen and oxygen atoms in total. The second-order valence-electron chi connectivity index (χ2n) is 2.98. The molecule has 3 N–H and O–H groups in total. The van der Waals surface area contributed by atoms with E-state index < -0.39 is 0 Å². The number of aliphatic hydroxyl groups excluding tert-OH is 1. The first-order chi connectivity index (χ1) is 5.24. The predicted octanol–water partition coefficient (Wildman–Crippen LogP) is -0.0657. The molecule has 1 rings (SSSR count). The van der Waals surface area contributed by atoms with Crippen molar-refractivity contribution in [2.75, 3.05) is 19.7 Å². The van der Waals surface area contributed by atoms with Crippen LogP contribution >= 0.6 is 12.2 Å². The van der Waals surface area contributed by atoms with Crippen LogP contribution < -0.4 is 5.73 Å². The standard InChI is InChI=1S/C7H14N2OS/c8-7(11)9-3-1-2-6(4-9)5-10/h6,10H,1-5H2,(H2,8,11)/t6-/m1/s1. The van der Waals surface area contributed by atoms with Gasteiger partial charge >= 0.3 is 0 Å². The average Bonchev–Trinajstić information content (AvgIpc) is 2.05. The third kappa shape index (κ3) is 2.31. The molecule has 1 saturated heterocycles. The van der Waals surface area contributed by atoms with E-state index in [2.05, 4.69) is 0 Å². The third-order valence-electron chi connectivity index (χ3n) is 2.09. The lowest BCUT2D eigenvalue weighted by molar-refractivity contribution is 0.161. The summed E-state index contributed by atoms with van der Waals surface area (Å²) < 4.78 is 0. The molecule has 0 unspecified atom stereocenters. The highest BCUT2D eigenvalue weighted by Crippen LogP contribution is 2.14. The van der Waals surface area contributed by atoms with Crippen molar-refractivity contribution in [3.8, 4) is 0 Å². The van der Waals surface area contributed by atoms with Gasteiger partial charge in [0, 0.05) is 19.7 Å². The Kier molecular flexibility index (Phi) is 3.08. The molecule has 0 amide bonds. The minimum atomic E-state index is 0.249. The summed E-state index contributed by atoms with van der Waals surface area (Å²) in [5, 5.41) is 9.34. The SMILES string of the molecule is NC(=S)N1CCC[C@@H](CO)C1. The van der Waals surface area contributed by atoms with Crippen LogP contribution in [0.4, 0.5) is 0 Å². The first kappa shape index (κ1) is 8.74. The first-order valence-corrected chi connectivity index (χ1v) is 4.30. The van der Waals surface area contributed by atoms with Gasteiger partial charge in [-0.1, -0.05) is 0 Å². The van der Waals surface area contributed by atoms with E-state index in [9.17, 15) is 0 Å². The van der Waals surface area contributed by atoms with Gasteiger partial charge in [0.25, 0.3) is 0 Å². The fourth-order valence-electron chi connectivity index (χ4n) is 1.41. The van der Waals surface area contributed by atoms with E-state index in [-0.39, 0.29) is 6.61 Å². The second kappa shape index (κ2) is 3.88. The van der Waals surface area contributed by atoms with E-state index in [1.54, 1.807) is 0 Å². The molecule has 11 heavy (non-hydrogen) atoms. The van der Waals surface area contributed by atoms with Gasteiger partial charge in [-0.05, 0) is 31.0 Å². The molecule has 0 spiro atoms. The van der Waals surface area contributed by atoms with Gasteiger partial charge < -0.3 is 15.7 Å². The van der Waals surface area contributed by atoms with Gasteiger partial charge in [0.05, 0.1) is 0 Å². The zero-order chi connectivity index (χ0) is 8.27. The molecular formula is C7H14N2OS. The van der Waals surface area contributed by atoms with E-state index >= 15 is 0 Å². The Labute approximate surface area is 72.2 Å². The number of rotatable bonds is 1. The summed E-state index contributed by atoms with van der Waals surface area (Å²) in [4.78, 5) is 1.96. The third-order valence-corrected chi connectivity index (χ3v) is 2.35. The van der Waals surface area contributed by atoms with Gasteiger partial charge in [-0.25, -0.2) is 0 Å². The maximum Gasteiger partial charge on any atom is 0.166 e. The molecule has 0 aliphatic carbocycles. The van der Waals surface area contributed by atoms with Crippen LogP contribution in [0.2, 0.25) is 0 Å². The molecule has 4 heteroatoms. The summed E-state index contributed by atoms with van der Waals surface area (Å²) in [5.74, 6) is 0.366. The van der Waals surface area contributed by atoms with Crippen molar-refractivity contribution in [1.29, 1.82) is 0 Å². The molecule has 0 aromatic carbocycles. The van der Waals surface area contributed by atoms with Crippen LogP contribution in [0.25, 0.3) is 0 Å². The van der Waals surface area contributed by atoms with Crippen LogP contribution in [0.3, 0.4) is 0 Å². The fraction of sp³-hybridized carbons (Fsp3) is 0.857. The van der Waals surface area contributed by atoms with Crippen LogP contribution in [-0.4, -0.2) is 34.8 Å². The van der Waals surface area contributed by atoms with E-state index in [4.69, 9.17) is 23.1 Å². The zero-order valence-corrected chi connectivity index (χ0v) is 7.31. The lowest BCUT2D eigenvalue weighted by atomic mass is 10.00. The summed E-state index contributed by atoms with van der Waals surface area (Å²) >= 11 is 4.84. The van der Waals surface area contributed by atoms with Crippen molar-refractivity contribution in [2.45, 2.75) is 12.8 Å². The van der Waals surface area contributed by atoms with E-state index in [0.29, 0.717) is 11.0 Å². The normalized spacial score (nSPS) is 25.2. The molecule has 0 saturated carbocycles. The van der Waals surface area contributed by atoms with Crippen LogP contribution in [-0.2, 0) is 0 Å². The maximum atomic E-state index is 8.88. The molecule has 0 radical (unpaired) electrons. The first-order valence-electron chi connectivity index (χ1n) is 3.89. The van der Waals surface area contributed by atoms with Crippen molar-refractivity contribution >= 4 is 17.3 Å². The molecule has 1 heterocycles. The Bertz CT molecular complexity index is 151. The monoisotopic (exact) mass is 174 g/mol. The molecular weight excluding hydrogens is 160 g/mol. The topological polar surface area (TPSA) is 49.5 Å². The molecule has 0 aromatic heterocycles. The molecule has 64 valence electrons. The highest BCUT2D eigenvalue weighted by molar-refractivity contribution is 7.80. The van der Waals surface area contributed by atoms with Gasteiger partial charge in [0.15, 0.2) is 5.11 Å². The highest BCUT2D eigenvalue weighted by Gasteiger charge is 2.19. The van der Waals surface area contributed by atoms with Crippen LogP contribution in [0.1, 0.15) is 12.8 Å². The molecule has 1 fully saturated rings. The maximum absolute atomic E-state index is 8.88. The van der Waals surface area contributed by atoms with Crippen molar-refractivity contribution < 1.29 is 5.11 Å². The molecule has 1 atom stereocenters. The smallest absolute Gasteiger partial charge is 0.166 e. The lowest BCUT2D eigenvalue weighted by Crippen LogP contribution is -2.43. The van der Waals surface area contributed by atoms with E-state index in [1.807, 2.05) is 4.90 Å². The summed E-state index contributed by atoms with van der Waals surface area (Å²) in [6, 6.07) is 0. The fourth-order valence-corrected chi connectivity index (χ4v) is 1.58. The molecule has 0 aromatic rings. The summed E-state index contributed by atoms with van der Waals surface area (Å²) in [6.45, 7) is 2.02. The van der Waals surface area contributed by atoms with Gasteiger partial charge in [0.2, 0.25) is 0 Å². The number of likely N-dealkylation sites (tertiary alicyclic amines) is 1. The minimum Gasteiger partial charge on any atom is -0.396 e.